The third kappa shape index (κ3) is 53.1. The molecule has 11 N–H and O–H groups in total. The van der Waals surface area contributed by atoms with Crippen molar-refractivity contribution < 1.29 is 56.1 Å². The van der Waals surface area contributed by atoms with Crippen LogP contribution in [0.15, 0.2) is 260 Å². The smallest absolute Gasteiger partial charge is 1.00 e. The summed E-state index contributed by atoms with van der Waals surface area (Å²) in [6.07, 6.45) is 11.1. The maximum Gasteiger partial charge on any atom is 1.00 e. The van der Waals surface area contributed by atoms with E-state index in [4.69, 9.17) is 90.8 Å². The molecular formula is C106H152BCl6N22NaO8Sn. The number of benzene rings is 6. The number of para-hydroxylation sites is 4. The molecule has 17 aromatic rings. The topological polar surface area (TPSA) is 420 Å². The Morgan fingerprint density at radius 3 is 1.19 bits per heavy atom. The SMILES string of the molecule is C.CC.CC.CC.CC.CC.CC.CC.CC.CCC.CCN.CCNc1ncccc1N.CCNc1ncccc1[N+](=O)[O-].CCn1c(-c2ccc(-c3ccc(O)cc3)cc2)nc2cccnc21.CCn1c(=O)[nH]c2cccnc21.CCn1c(Cl)nc2ccccc21.CCn1c(Cl)nc2cccnc21.Cc1ccc(-c2ccc(O)cc2)cc1.Clc1nc2ccccc2[nH]1.O=[N+]([O-])c1cccnc1Cl.[B]O.[Cl][Sn][Cl].[H-].[Na+]. The molecule has 0 saturated heterocycles. The standard InChI is InChI=1S/C20H17N3O.C13H12O.C9H9ClN2.C8H8ClN3.C8H9N3O.C7H5ClN2.C7H9N3O2.C7H11N3.C5H3ClN2O2.C3H8.C2H7N.8C2H6.CH4.BHO.2ClH.Na.Sn.H/c1-2-23-19(22-18-4-3-13-21-20(18)23)16-7-5-14(6-8-16)15-9-11-17(24)12-10-15;1-10-2-4-11(5-3-10)12-6-8-13(14)9-7-12;1-2-12-8-6-4-3-5-7(8)11-9(12)10;1-2-12-7-6(11-8(12)9)4-3-5-10-7;1-2-11-7-6(10-8(11)12)4-3-5-9-7;8-7-9-5-3-1-2-4-6(5)10-7;1-2-8-7-6(10(11)12)4-3-5-9-7;1-2-9-7-6(8)4-3-5-10-7;6-5-4(8(9)10)2-1-3-7-5;1-3-2;1-2-3;8*1-2;;1-2;;;;;/h3-13,24H,2H2,1H3;2-9,14H,1H3;3-6H,2H2,1H3;3-5H,2H2,1H3;3-5H,2H2,1H3,(H,10,12);1-4H,(H,9,10);3-5H,2H2,1H3,(H,8,9);3-5H,2,8H2,1H3,(H,9,10);1-3H;3H2,1-2H3;2-3H2,1H3;8*1-2H3;1H4;2H;2*1H;;;/q;;;;;;;;;;;;;;;;;;;;;;;+1;+2;-1/p-2. The number of aromatic nitrogens is 16. The van der Waals surface area contributed by atoms with Crippen molar-refractivity contribution in [2.24, 2.45) is 5.73 Å². The van der Waals surface area contributed by atoms with Crippen molar-refractivity contribution in [3.05, 3.63) is 313 Å². The summed E-state index contributed by atoms with van der Waals surface area (Å²) in [7, 11) is 13.4. The number of rotatable bonds is 13. The van der Waals surface area contributed by atoms with Gasteiger partial charge in [0.05, 0.1) is 43.1 Å². The molecule has 30 nitrogen and oxygen atoms in total. The van der Waals surface area contributed by atoms with E-state index in [1.54, 1.807) is 65.8 Å². The van der Waals surface area contributed by atoms with Gasteiger partial charge in [-0.2, -0.15) is 0 Å². The monoisotopic (exact) mass is 2220 g/mol. The minimum Gasteiger partial charge on any atom is -1.00 e. The van der Waals surface area contributed by atoms with Crippen molar-refractivity contribution in [3.63, 3.8) is 0 Å². The number of H-pyrrole nitrogens is 2. The minimum absolute atomic E-state index is 0. The summed E-state index contributed by atoms with van der Waals surface area (Å²) >= 11 is 22.0. The number of nitrogen functional groups attached to an aromatic ring is 1. The molecule has 6 aromatic carbocycles. The Hall–Kier alpha value is -11.3. The number of hydrogen-bond donors (Lipinski definition) is 9. The van der Waals surface area contributed by atoms with E-state index in [-0.39, 0.29) is 66.4 Å². The zero-order chi connectivity index (χ0) is 109. The first-order valence-electron chi connectivity index (χ1n) is 47.6. The van der Waals surface area contributed by atoms with Crippen LogP contribution in [0.4, 0.5) is 28.7 Å². The van der Waals surface area contributed by atoms with E-state index in [0.717, 1.165) is 122 Å². The normalized spacial score (nSPS) is 9.01. The minimum atomic E-state index is -0.826. The van der Waals surface area contributed by atoms with E-state index in [1.807, 2.05) is 270 Å². The number of nitrogens with zero attached hydrogens (tertiary/aromatic N) is 16. The molecule has 145 heavy (non-hydrogen) atoms. The number of aromatic amines is 2. The maximum absolute atomic E-state index is 11.2. The van der Waals surface area contributed by atoms with E-state index in [1.165, 1.54) is 48.1 Å². The summed E-state index contributed by atoms with van der Waals surface area (Å²) in [5.74, 6) is 2.61. The maximum atomic E-state index is 11.2. The predicted molar refractivity (Wildman–Crippen MR) is 618 cm³/mol. The van der Waals surface area contributed by atoms with E-state index < -0.39 is 28.7 Å². The second-order valence-corrected chi connectivity index (χ2v) is 31.3. The zero-order valence-electron chi connectivity index (χ0n) is 89.4. The molecule has 0 aliphatic heterocycles. The van der Waals surface area contributed by atoms with E-state index in [0.29, 0.717) is 46.2 Å². The average Bonchev–Trinajstić information content (AvgIpc) is 1.63. The van der Waals surface area contributed by atoms with Crippen molar-refractivity contribution in [2.75, 3.05) is 36.0 Å². The van der Waals surface area contributed by atoms with Crippen LogP contribution in [0.1, 0.15) is 194 Å². The van der Waals surface area contributed by atoms with Gasteiger partial charge in [0.25, 0.3) is 8.05 Å². The van der Waals surface area contributed by atoms with Crippen LogP contribution in [0, 0.1) is 27.2 Å². The Balaban J connectivity index is -0.000000291. The van der Waals surface area contributed by atoms with Gasteiger partial charge in [-0.25, -0.2) is 54.6 Å². The number of nitrogens with one attached hydrogen (secondary N) is 4. The van der Waals surface area contributed by atoms with Gasteiger partial charge in [-0.3, -0.25) is 29.4 Å². The summed E-state index contributed by atoms with van der Waals surface area (Å²) in [6, 6.07) is 67.5. The van der Waals surface area contributed by atoms with E-state index in [2.05, 4.69) is 161 Å². The molecule has 0 unspecified atom stereocenters. The van der Waals surface area contributed by atoms with Crippen LogP contribution in [0.25, 0.3) is 89.2 Å². The molecule has 39 heteroatoms. The van der Waals surface area contributed by atoms with Crippen LogP contribution in [0.3, 0.4) is 0 Å². The van der Waals surface area contributed by atoms with Crippen LogP contribution in [-0.2, 0) is 26.2 Å². The number of aryl methyl sites for hydroxylation is 5. The summed E-state index contributed by atoms with van der Waals surface area (Å²) in [4.78, 5) is 77.6. The molecule has 0 atom stereocenters. The molecule has 0 aliphatic carbocycles. The van der Waals surface area contributed by atoms with E-state index >= 15 is 0 Å². The van der Waals surface area contributed by atoms with Crippen molar-refractivity contribution in [2.45, 2.75) is 220 Å². The molecule has 0 fully saturated rings. The van der Waals surface area contributed by atoms with Gasteiger partial charge in [-0.15, -0.1) is 0 Å². The largest absolute Gasteiger partial charge is 1.00 e. The van der Waals surface area contributed by atoms with Gasteiger partial charge >= 0.3 is 83.4 Å². The average molecular weight is 2230 g/mol. The third-order valence-electron chi connectivity index (χ3n) is 16.8. The summed E-state index contributed by atoms with van der Waals surface area (Å²) < 4.78 is 7.59. The van der Waals surface area contributed by atoms with Crippen molar-refractivity contribution in [3.8, 4) is 45.1 Å². The first-order valence-corrected chi connectivity index (χ1v) is 56.4. The summed E-state index contributed by atoms with van der Waals surface area (Å²) in [5.41, 5.74) is 26.7. The van der Waals surface area contributed by atoms with Crippen molar-refractivity contribution in [1.82, 2.24) is 78.1 Å². The quantitative estimate of drug-likeness (QED) is 0.0224. The van der Waals surface area contributed by atoms with Crippen LogP contribution >= 0.6 is 64.2 Å². The Bertz CT molecular complexity index is 6020. The number of nitro groups is 2. The van der Waals surface area contributed by atoms with Crippen LogP contribution < -0.4 is 57.3 Å². The number of phenols is 2. The number of fused-ring (bicyclic) bond motifs is 5. The number of nitrogens with two attached hydrogens (primary N) is 2. The Morgan fingerprint density at radius 2 is 0.752 bits per heavy atom. The van der Waals surface area contributed by atoms with Crippen LogP contribution in [0.2, 0.25) is 21.0 Å². The van der Waals surface area contributed by atoms with Crippen molar-refractivity contribution in [1.29, 1.82) is 0 Å². The van der Waals surface area contributed by atoms with Crippen LogP contribution in [-0.4, -0.2) is 150 Å². The zero-order valence-corrected chi connectivity index (χ0v) is 97.8. The van der Waals surface area contributed by atoms with Gasteiger partial charge in [-0.05, 0) is 221 Å². The van der Waals surface area contributed by atoms with Crippen molar-refractivity contribution >= 4 is 175 Å². The number of aromatic hydroxyl groups is 2. The first kappa shape index (κ1) is 144. The number of halogens is 6. The Labute approximate surface area is 921 Å². The van der Waals surface area contributed by atoms with Gasteiger partial charge in [0.15, 0.2) is 16.9 Å². The molecule has 0 amide bonds. The van der Waals surface area contributed by atoms with Gasteiger partial charge in [0, 0.05) is 94.1 Å². The number of anilines is 3. The van der Waals surface area contributed by atoms with Gasteiger partial charge in [0.1, 0.15) is 34.2 Å². The fraction of sp³-hybridized carbons (Fsp3) is 0.330. The second-order valence-electron chi connectivity index (χ2n) is 25.6. The molecule has 11 aromatic heterocycles. The van der Waals surface area contributed by atoms with E-state index in [9.17, 15) is 30.1 Å². The molecule has 0 spiro atoms. The third-order valence-corrected chi connectivity index (χ3v) is 17.8. The first-order chi connectivity index (χ1) is 69.4. The Morgan fingerprint density at radius 1 is 0.414 bits per heavy atom. The van der Waals surface area contributed by atoms with Crippen LogP contribution in [0.5, 0.6) is 11.5 Å². The summed E-state index contributed by atoms with van der Waals surface area (Å²) in [5, 5.41) is 52.9. The second kappa shape index (κ2) is 91.4. The molecule has 0 bridgehead atoms. The number of phenolic OH excluding ortho intramolecular Hbond substituents is 2. The molecule has 4 radical (unpaired) electrons. The molecule has 17 rings (SSSR count). The molecule has 11 heterocycles. The summed E-state index contributed by atoms with van der Waals surface area (Å²) in [6.45, 7) is 57.5. The fourth-order valence-corrected chi connectivity index (χ4v) is 12.2. The predicted octanol–water partition coefficient (Wildman–Crippen LogP) is 27.2. The Kier molecular flexibility index (Phi) is 91.0. The molecule has 0 aliphatic rings. The number of imidazole rings is 5. The van der Waals surface area contributed by atoms with Gasteiger partial charge < -0.3 is 57.9 Å². The molecular weight excluding hydrogens is 2070 g/mol. The molecule has 784 valence electrons. The number of pyridine rings is 6. The fourth-order valence-electron chi connectivity index (χ4n) is 11.2. The van der Waals surface area contributed by atoms with Gasteiger partial charge in [0.2, 0.25) is 26.8 Å². The van der Waals surface area contributed by atoms with Gasteiger partial charge in [-0.1, -0.05) is 260 Å². The number of hydrogen-bond acceptors (Lipinski definition) is 22. The molecule has 0 saturated carbocycles.